The van der Waals surface area contributed by atoms with Crippen LogP contribution in [0, 0.1) is 40.5 Å². The molecule has 0 spiro atoms. The first kappa shape index (κ1) is 20.2. The quantitative estimate of drug-likeness (QED) is 0.307. The summed E-state index contributed by atoms with van der Waals surface area (Å²) in [6, 6.07) is 0. The average Bonchev–Trinajstić information content (AvgIpc) is 3.15. The molecule has 1 aliphatic carbocycles. The lowest BCUT2D eigenvalue weighted by molar-refractivity contribution is -0.147. The molecule has 0 heterocycles. The van der Waals surface area contributed by atoms with Gasteiger partial charge < -0.3 is 9.47 Å². The van der Waals surface area contributed by atoms with E-state index in [9.17, 15) is 22.4 Å². The van der Waals surface area contributed by atoms with E-state index in [0.717, 1.165) is 7.11 Å². The van der Waals surface area contributed by atoms with Gasteiger partial charge in [-0.25, -0.2) is 17.6 Å². The number of hydrogen-bond acceptors (Lipinski definition) is 3. The molecule has 142 valence electrons. The van der Waals surface area contributed by atoms with Crippen molar-refractivity contribution in [2.75, 3.05) is 7.11 Å². The minimum absolute atomic E-state index is 0.111. The second-order valence-corrected chi connectivity index (χ2v) is 6.70. The molecule has 2 rings (SSSR count). The standard InChI is InChI=1S/C19H20F4O3/c1-5-6-7-12-13(19(12,2)3)18(24)26-9-11-16(22)14(20)10(8-25-4)15(21)17(11)23/h5-7,12-13H,1,8-9H2,2-4H3/t12-,13+/m1/s1. The summed E-state index contributed by atoms with van der Waals surface area (Å²) in [6.45, 7) is 5.71. The number of carbonyl (C=O) groups excluding carboxylic acids is 1. The number of methoxy groups -OCH3 is 1. The molecule has 0 amide bonds. The minimum Gasteiger partial charge on any atom is -0.460 e. The highest BCUT2D eigenvalue weighted by atomic mass is 19.2. The lowest BCUT2D eigenvalue weighted by Crippen LogP contribution is -2.15. The first-order valence-corrected chi connectivity index (χ1v) is 7.96. The molecule has 0 aromatic heterocycles. The molecule has 7 heteroatoms. The third kappa shape index (κ3) is 3.53. The van der Waals surface area contributed by atoms with Crippen LogP contribution in [-0.2, 0) is 27.5 Å². The summed E-state index contributed by atoms with van der Waals surface area (Å²) >= 11 is 0. The van der Waals surface area contributed by atoms with Crippen LogP contribution in [0.1, 0.15) is 25.0 Å². The number of esters is 1. The molecule has 1 aliphatic rings. The highest BCUT2D eigenvalue weighted by Gasteiger charge is 2.61. The fourth-order valence-electron chi connectivity index (χ4n) is 3.04. The van der Waals surface area contributed by atoms with E-state index in [-0.39, 0.29) is 11.3 Å². The van der Waals surface area contributed by atoms with Crippen LogP contribution in [0.5, 0.6) is 0 Å². The predicted molar refractivity (Wildman–Crippen MR) is 86.9 cm³/mol. The van der Waals surface area contributed by atoms with Crippen molar-refractivity contribution < 1.29 is 31.8 Å². The van der Waals surface area contributed by atoms with Gasteiger partial charge in [0.25, 0.3) is 0 Å². The molecule has 3 nitrogen and oxygen atoms in total. The Balaban J connectivity index is 2.17. The second kappa shape index (κ2) is 7.61. The first-order valence-electron chi connectivity index (χ1n) is 7.96. The SMILES string of the molecule is C=CC=C[C@@H]1[C@@H](C(=O)OCc2c(F)c(F)c(COC)c(F)c2F)C1(C)C. The Morgan fingerprint density at radius 3 is 2.04 bits per heavy atom. The molecule has 0 aliphatic heterocycles. The number of halogens is 4. The minimum atomic E-state index is -1.60. The molecule has 1 saturated carbocycles. The van der Waals surface area contributed by atoms with E-state index in [1.165, 1.54) is 0 Å². The highest BCUT2D eigenvalue weighted by molar-refractivity contribution is 5.78. The molecule has 0 N–H and O–H groups in total. The lowest BCUT2D eigenvalue weighted by Gasteiger charge is -2.12. The van der Waals surface area contributed by atoms with E-state index in [4.69, 9.17) is 4.74 Å². The number of rotatable bonds is 7. The van der Waals surface area contributed by atoms with Gasteiger partial charge in [-0.3, -0.25) is 4.79 Å². The molecule has 2 atom stereocenters. The number of ether oxygens (including phenoxy) is 2. The normalized spacial score (nSPS) is 21.0. The number of benzene rings is 1. The molecule has 0 saturated heterocycles. The van der Waals surface area contributed by atoms with Crippen molar-refractivity contribution in [2.45, 2.75) is 27.1 Å². The van der Waals surface area contributed by atoms with E-state index in [0.29, 0.717) is 0 Å². The summed E-state index contributed by atoms with van der Waals surface area (Å²) in [5, 5.41) is 0. The van der Waals surface area contributed by atoms with Crippen LogP contribution in [-0.4, -0.2) is 13.1 Å². The molecule has 26 heavy (non-hydrogen) atoms. The summed E-state index contributed by atoms with van der Waals surface area (Å²) in [5.41, 5.74) is -2.20. The van der Waals surface area contributed by atoms with Crippen molar-refractivity contribution in [1.82, 2.24) is 0 Å². The van der Waals surface area contributed by atoms with Crippen LogP contribution in [0.3, 0.4) is 0 Å². The number of allylic oxidation sites excluding steroid dienone is 3. The Morgan fingerprint density at radius 1 is 1.08 bits per heavy atom. The lowest BCUT2D eigenvalue weighted by atomic mass is 10.1. The predicted octanol–water partition coefficient (Wildman–Crippen LogP) is 4.45. The third-order valence-corrected chi connectivity index (χ3v) is 4.71. The van der Waals surface area contributed by atoms with Crippen molar-refractivity contribution in [1.29, 1.82) is 0 Å². The van der Waals surface area contributed by atoms with Gasteiger partial charge in [0, 0.05) is 7.11 Å². The monoisotopic (exact) mass is 372 g/mol. The Bertz CT molecular complexity index is 727. The molecule has 1 aromatic rings. The van der Waals surface area contributed by atoms with Gasteiger partial charge in [-0.05, 0) is 11.3 Å². The largest absolute Gasteiger partial charge is 0.460 e. The van der Waals surface area contributed by atoms with Crippen molar-refractivity contribution >= 4 is 5.97 Å². The summed E-state index contributed by atoms with van der Waals surface area (Å²) in [4.78, 5) is 12.2. The topological polar surface area (TPSA) is 35.5 Å². The van der Waals surface area contributed by atoms with Crippen molar-refractivity contribution in [2.24, 2.45) is 17.3 Å². The van der Waals surface area contributed by atoms with Crippen LogP contribution >= 0.6 is 0 Å². The fourth-order valence-corrected chi connectivity index (χ4v) is 3.04. The van der Waals surface area contributed by atoms with Gasteiger partial charge in [0.1, 0.15) is 6.61 Å². The Labute approximate surface area is 149 Å². The van der Waals surface area contributed by atoms with Crippen LogP contribution < -0.4 is 0 Å². The highest BCUT2D eigenvalue weighted by Crippen LogP contribution is 2.59. The molecular weight excluding hydrogens is 352 g/mol. The van der Waals surface area contributed by atoms with E-state index < -0.39 is 59.5 Å². The smallest absolute Gasteiger partial charge is 0.310 e. The second-order valence-electron chi connectivity index (χ2n) is 6.70. The summed E-state index contributed by atoms with van der Waals surface area (Å²) in [5.74, 6) is -7.61. The average molecular weight is 372 g/mol. The summed E-state index contributed by atoms with van der Waals surface area (Å²) in [7, 11) is 1.14. The molecular formula is C19H20F4O3. The summed E-state index contributed by atoms with van der Waals surface area (Å²) < 4.78 is 65.3. The van der Waals surface area contributed by atoms with Crippen molar-refractivity contribution in [3.63, 3.8) is 0 Å². The van der Waals surface area contributed by atoms with Gasteiger partial charge in [0.05, 0.1) is 23.7 Å². The summed E-state index contributed by atoms with van der Waals surface area (Å²) in [6.07, 6.45) is 5.05. The van der Waals surface area contributed by atoms with Gasteiger partial charge in [0.2, 0.25) is 0 Å². The van der Waals surface area contributed by atoms with Gasteiger partial charge in [-0.15, -0.1) is 0 Å². The van der Waals surface area contributed by atoms with Crippen LogP contribution in [0.2, 0.25) is 0 Å². The van der Waals surface area contributed by atoms with E-state index in [2.05, 4.69) is 11.3 Å². The number of hydrogen-bond donors (Lipinski definition) is 0. The zero-order valence-corrected chi connectivity index (χ0v) is 14.7. The molecule has 1 fully saturated rings. The van der Waals surface area contributed by atoms with Crippen LogP contribution in [0.4, 0.5) is 17.6 Å². The molecule has 0 radical (unpaired) electrons. The van der Waals surface area contributed by atoms with Crippen LogP contribution in [0.15, 0.2) is 24.8 Å². The van der Waals surface area contributed by atoms with Gasteiger partial charge >= 0.3 is 5.97 Å². The van der Waals surface area contributed by atoms with Gasteiger partial charge in [0.15, 0.2) is 23.3 Å². The van der Waals surface area contributed by atoms with Crippen molar-refractivity contribution in [3.05, 3.63) is 59.2 Å². The van der Waals surface area contributed by atoms with Crippen molar-refractivity contribution in [3.8, 4) is 0 Å². The maximum atomic E-state index is 14.0. The molecule has 0 bridgehead atoms. The van der Waals surface area contributed by atoms with Crippen LogP contribution in [0.25, 0.3) is 0 Å². The zero-order valence-electron chi connectivity index (χ0n) is 14.7. The zero-order chi connectivity index (χ0) is 19.6. The Kier molecular flexibility index (Phi) is 5.91. The molecule has 0 unspecified atom stereocenters. The first-order chi connectivity index (χ1) is 12.2. The maximum absolute atomic E-state index is 14.0. The Hall–Kier alpha value is -2.15. The van der Waals surface area contributed by atoms with E-state index >= 15 is 0 Å². The number of carbonyl (C=O) groups is 1. The Morgan fingerprint density at radius 2 is 1.58 bits per heavy atom. The maximum Gasteiger partial charge on any atom is 0.310 e. The van der Waals surface area contributed by atoms with Gasteiger partial charge in [-0.1, -0.05) is 38.7 Å². The van der Waals surface area contributed by atoms with Gasteiger partial charge in [-0.2, -0.15) is 0 Å². The van der Waals surface area contributed by atoms with E-state index in [1.807, 2.05) is 13.8 Å². The molecule has 1 aromatic carbocycles. The van der Waals surface area contributed by atoms with E-state index in [1.54, 1.807) is 18.2 Å². The third-order valence-electron chi connectivity index (χ3n) is 4.71. The fraction of sp³-hybridized carbons (Fsp3) is 0.421.